The van der Waals surface area contributed by atoms with Crippen LogP contribution < -0.4 is 5.56 Å². The van der Waals surface area contributed by atoms with Gasteiger partial charge in [-0.05, 0) is 47.9 Å². The Morgan fingerprint density at radius 2 is 1.80 bits per heavy atom. The number of rotatable bonds is 3. The molecule has 0 bridgehead atoms. The maximum Gasteiger partial charge on any atom is 0.273 e. The first-order valence-corrected chi connectivity index (χ1v) is 8.25. The minimum Gasteiger partial charge on any atom is -0.354 e. The highest BCUT2D eigenvalue weighted by Crippen LogP contribution is 2.27. The second kappa shape index (κ2) is 6.02. The molecule has 5 heteroatoms. The summed E-state index contributed by atoms with van der Waals surface area (Å²) >= 11 is 0. The Balaban J connectivity index is 1.84. The summed E-state index contributed by atoms with van der Waals surface area (Å²) in [6.07, 6.45) is 3.41. The fraction of sp³-hybridized carbons (Fsp3) is 0.150. The SMILES string of the molecule is CC(C)c1ccc2[nH]c(-c3cc(-c4ccncc4)n[nH]c3=O)cc2c1. The van der Waals surface area contributed by atoms with Crippen LogP contribution in [0.1, 0.15) is 25.3 Å². The van der Waals surface area contributed by atoms with Crippen LogP contribution in [-0.2, 0) is 0 Å². The Labute approximate surface area is 144 Å². The van der Waals surface area contributed by atoms with Gasteiger partial charge >= 0.3 is 0 Å². The van der Waals surface area contributed by atoms with Crippen LogP contribution in [0.3, 0.4) is 0 Å². The van der Waals surface area contributed by atoms with Gasteiger partial charge < -0.3 is 4.98 Å². The Morgan fingerprint density at radius 1 is 1.00 bits per heavy atom. The maximum atomic E-state index is 12.3. The average molecular weight is 330 g/mol. The Hall–Kier alpha value is -3.21. The van der Waals surface area contributed by atoms with Gasteiger partial charge in [-0.2, -0.15) is 5.10 Å². The van der Waals surface area contributed by atoms with Gasteiger partial charge in [0.15, 0.2) is 0 Å². The molecule has 124 valence electrons. The second-order valence-electron chi connectivity index (χ2n) is 6.42. The summed E-state index contributed by atoms with van der Waals surface area (Å²) < 4.78 is 0. The Kier molecular flexibility index (Phi) is 3.69. The summed E-state index contributed by atoms with van der Waals surface area (Å²) in [5, 5.41) is 7.84. The molecule has 2 N–H and O–H groups in total. The van der Waals surface area contributed by atoms with Gasteiger partial charge in [-0.3, -0.25) is 9.78 Å². The summed E-state index contributed by atoms with van der Waals surface area (Å²) in [6, 6.07) is 13.9. The summed E-state index contributed by atoms with van der Waals surface area (Å²) in [6.45, 7) is 4.34. The molecule has 4 rings (SSSR count). The van der Waals surface area contributed by atoms with E-state index in [2.05, 4.69) is 52.2 Å². The molecule has 0 radical (unpaired) electrons. The van der Waals surface area contributed by atoms with Gasteiger partial charge in [0.2, 0.25) is 0 Å². The van der Waals surface area contributed by atoms with E-state index in [1.165, 1.54) is 5.56 Å². The predicted octanol–water partition coefficient (Wildman–Crippen LogP) is 4.10. The zero-order chi connectivity index (χ0) is 17.4. The number of nitrogens with zero attached hydrogens (tertiary/aromatic N) is 2. The molecule has 0 atom stereocenters. The van der Waals surface area contributed by atoms with Crippen LogP contribution in [0.4, 0.5) is 0 Å². The molecule has 3 aromatic heterocycles. The summed E-state index contributed by atoms with van der Waals surface area (Å²) in [7, 11) is 0. The Morgan fingerprint density at radius 3 is 2.56 bits per heavy atom. The third kappa shape index (κ3) is 2.85. The van der Waals surface area contributed by atoms with E-state index in [9.17, 15) is 4.79 Å². The maximum absolute atomic E-state index is 12.3. The lowest BCUT2D eigenvalue weighted by molar-refractivity contribution is 0.869. The zero-order valence-electron chi connectivity index (χ0n) is 14.1. The topological polar surface area (TPSA) is 74.4 Å². The van der Waals surface area contributed by atoms with Gasteiger partial charge in [-0.25, -0.2) is 5.10 Å². The minimum absolute atomic E-state index is 0.214. The molecule has 0 aliphatic carbocycles. The van der Waals surface area contributed by atoms with Gasteiger partial charge in [-0.1, -0.05) is 19.9 Å². The number of pyridine rings is 1. The smallest absolute Gasteiger partial charge is 0.273 e. The van der Waals surface area contributed by atoms with E-state index in [-0.39, 0.29) is 5.56 Å². The number of aromatic amines is 2. The van der Waals surface area contributed by atoms with Crippen LogP contribution >= 0.6 is 0 Å². The molecule has 3 heterocycles. The van der Waals surface area contributed by atoms with E-state index >= 15 is 0 Å². The van der Waals surface area contributed by atoms with Crippen LogP contribution in [-0.4, -0.2) is 20.2 Å². The fourth-order valence-corrected chi connectivity index (χ4v) is 2.93. The normalized spacial score (nSPS) is 11.3. The molecule has 0 spiro atoms. The lowest BCUT2D eigenvalue weighted by atomic mass is 10.0. The van der Waals surface area contributed by atoms with E-state index in [0.29, 0.717) is 17.2 Å². The Bertz CT molecular complexity index is 1090. The van der Waals surface area contributed by atoms with Crippen molar-refractivity contribution in [2.75, 3.05) is 0 Å². The van der Waals surface area contributed by atoms with Gasteiger partial charge in [0, 0.05) is 28.9 Å². The van der Waals surface area contributed by atoms with E-state index in [1.54, 1.807) is 12.4 Å². The first-order chi connectivity index (χ1) is 12.1. The minimum atomic E-state index is -0.214. The van der Waals surface area contributed by atoms with Crippen molar-refractivity contribution in [1.29, 1.82) is 0 Å². The quantitative estimate of drug-likeness (QED) is 0.594. The van der Waals surface area contributed by atoms with E-state index in [4.69, 9.17) is 0 Å². The van der Waals surface area contributed by atoms with Crippen molar-refractivity contribution in [2.45, 2.75) is 19.8 Å². The summed E-state index contributed by atoms with van der Waals surface area (Å²) in [5.74, 6) is 0.463. The van der Waals surface area contributed by atoms with Crippen LogP contribution in [0.25, 0.3) is 33.4 Å². The van der Waals surface area contributed by atoms with Crippen LogP contribution in [0.5, 0.6) is 0 Å². The first-order valence-electron chi connectivity index (χ1n) is 8.25. The highest BCUT2D eigenvalue weighted by Gasteiger charge is 2.11. The largest absolute Gasteiger partial charge is 0.354 e. The highest BCUT2D eigenvalue weighted by molar-refractivity contribution is 5.86. The van der Waals surface area contributed by atoms with Crippen molar-refractivity contribution < 1.29 is 0 Å². The number of aromatic nitrogens is 4. The molecular weight excluding hydrogens is 312 g/mol. The number of H-pyrrole nitrogens is 2. The molecule has 0 saturated heterocycles. The molecule has 0 aliphatic rings. The van der Waals surface area contributed by atoms with Crippen molar-refractivity contribution in [3.05, 3.63) is 70.8 Å². The lowest BCUT2D eigenvalue weighted by Crippen LogP contribution is -2.11. The van der Waals surface area contributed by atoms with Gasteiger partial charge in [-0.15, -0.1) is 0 Å². The number of benzene rings is 1. The van der Waals surface area contributed by atoms with Crippen molar-refractivity contribution in [3.8, 4) is 22.5 Å². The molecule has 0 aliphatic heterocycles. The highest BCUT2D eigenvalue weighted by atomic mass is 16.1. The van der Waals surface area contributed by atoms with E-state index < -0.39 is 0 Å². The molecule has 25 heavy (non-hydrogen) atoms. The van der Waals surface area contributed by atoms with Crippen LogP contribution in [0.15, 0.2) is 59.7 Å². The fourth-order valence-electron chi connectivity index (χ4n) is 2.93. The zero-order valence-corrected chi connectivity index (χ0v) is 14.1. The number of hydrogen-bond donors (Lipinski definition) is 2. The van der Waals surface area contributed by atoms with Crippen molar-refractivity contribution >= 4 is 10.9 Å². The summed E-state index contributed by atoms with van der Waals surface area (Å²) in [4.78, 5) is 19.7. The molecular formula is C20H18N4O. The predicted molar refractivity (Wildman–Crippen MR) is 99.5 cm³/mol. The molecule has 4 aromatic rings. The van der Waals surface area contributed by atoms with Crippen molar-refractivity contribution in [3.63, 3.8) is 0 Å². The van der Waals surface area contributed by atoms with E-state index in [1.807, 2.05) is 24.3 Å². The van der Waals surface area contributed by atoms with Gasteiger partial charge in [0.05, 0.1) is 17.0 Å². The first kappa shape index (κ1) is 15.3. The number of hydrogen-bond acceptors (Lipinski definition) is 3. The monoisotopic (exact) mass is 330 g/mol. The number of fused-ring (bicyclic) bond motifs is 1. The van der Waals surface area contributed by atoms with Crippen molar-refractivity contribution in [2.24, 2.45) is 0 Å². The third-order valence-corrected chi connectivity index (χ3v) is 4.38. The van der Waals surface area contributed by atoms with Crippen molar-refractivity contribution in [1.82, 2.24) is 20.2 Å². The molecule has 0 saturated carbocycles. The third-order valence-electron chi connectivity index (χ3n) is 4.38. The van der Waals surface area contributed by atoms with Gasteiger partial charge in [0.25, 0.3) is 5.56 Å². The molecule has 5 nitrogen and oxygen atoms in total. The van der Waals surface area contributed by atoms with Crippen LogP contribution in [0, 0.1) is 0 Å². The molecule has 0 unspecified atom stereocenters. The number of nitrogens with one attached hydrogen (secondary N) is 2. The molecule has 1 aromatic carbocycles. The molecule has 0 amide bonds. The van der Waals surface area contributed by atoms with Gasteiger partial charge in [0.1, 0.15) is 0 Å². The van der Waals surface area contributed by atoms with E-state index in [0.717, 1.165) is 22.2 Å². The standard InChI is InChI=1S/C20H18N4O/c1-12(2)14-3-4-17-15(9-14)10-19(22-17)16-11-18(23-24-20(16)25)13-5-7-21-8-6-13/h3-12,22H,1-2H3,(H,24,25). The molecule has 0 fully saturated rings. The summed E-state index contributed by atoms with van der Waals surface area (Å²) in [5.41, 5.74) is 5.05. The van der Waals surface area contributed by atoms with Crippen LogP contribution in [0.2, 0.25) is 0 Å². The second-order valence-corrected chi connectivity index (χ2v) is 6.42. The average Bonchev–Trinajstić information content (AvgIpc) is 3.05. The lowest BCUT2D eigenvalue weighted by Gasteiger charge is -2.03.